The second-order valence-corrected chi connectivity index (χ2v) is 11.8. The fourth-order valence-electron chi connectivity index (χ4n) is 4.23. The number of imidazole rings is 1. The lowest BCUT2D eigenvalue weighted by Crippen LogP contribution is -2.11. The summed E-state index contributed by atoms with van der Waals surface area (Å²) in [5.41, 5.74) is 4.83. The highest BCUT2D eigenvalue weighted by Gasteiger charge is 2.19. The number of benzene rings is 3. The van der Waals surface area contributed by atoms with Crippen molar-refractivity contribution >= 4 is 49.4 Å². The van der Waals surface area contributed by atoms with Gasteiger partial charge in [0.2, 0.25) is 5.95 Å². The van der Waals surface area contributed by atoms with Crippen LogP contribution in [0.4, 0.5) is 17.3 Å². The van der Waals surface area contributed by atoms with Crippen LogP contribution < -0.4 is 10.6 Å². The maximum Gasteiger partial charge on any atom is 0.255 e. The van der Waals surface area contributed by atoms with E-state index in [4.69, 9.17) is 9.97 Å². The van der Waals surface area contributed by atoms with Crippen LogP contribution >= 0.6 is 11.3 Å². The minimum atomic E-state index is -3.29. The molecule has 0 aliphatic heterocycles. The van der Waals surface area contributed by atoms with E-state index in [1.807, 2.05) is 64.5 Å². The van der Waals surface area contributed by atoms with Gasteiger partial charge in [-0.3, -0.25) is 9.20 Å². The molecule has 3 aromatic heterocycles. The molecule has 0 saturated heterocycles. The van der Waals surface area contributed by atoms with Gasteiger partial charge in [-0.1, -0.05) is 30.3 Å². The molecular weight excluding hydrogens is 544 g/mol. The fourth-order valence-corrected chi connectivity index (χ4v) is 5.58. The van der Waals surface area contributed by atoms with Crippen molar-refractivity contribution in [2.24, 2.45) is 0 Å². The normalized spacial score (nSPS) is 11.4. The molecule has 9 nitrogen and oxygen atoms in total. The zero-order chi connectivity index (χ0) is 27.7. The molecule has 3 heterocycles. The number of aromatic nitrogens is 4. The Hall–Kier alpha value is -4.87. The van der Waals surface area contributed by atoms with Crippen molar-refractivity contribution in [1.82, 2.24) is 19.4 Å². The predicted octanol–water partition coefficient (Wildman–Crippen LogP) is 5.92. The van der Waals surface area contributed by atoms with E-state index in [1.165, 1.54) is 29.7 Å². The van der Waals surface area contributed by atoms with Gasteiger partial charge >= 0.3 is 0 Å². The summed E-state index contributed by atoms with van der Waals surface area (Å²) in [5.74, 6) is 0.157. The topological polar surface area (TPSA) is 118 Å². The van der Waals surface area contributed by atoms with E-state index < -0.39 is 9.84 Å². The molecule has 40 heavy (non-hydrogen) atoms. The van der Waals surface area contributed by atoms with Crippen LogP contribution in [0, 0.1) is 0 Å². The average Bonchev–Trinajstić information content (AvgIpc) is 3.55. The first kappa shape index (κ1) is 25.4. The largest absolute Gasteiger partial charge is 0.324 e. The number of hydrogen-bond acceptors (Lipinski definition) is 8. The van der Waals surface area contributed by atoms with Gasteiger partial charge in [-0.2, -0.15) is 0 Å². The van der Waals surface area contributed by atoms with Gasteiger partial charge in [0.1, 0.15) is 5.69 Å². The highest BCUT2D eigenvalue weighted by Crippen LogP contribution is 2.35. The van der Waals surface area contributed by atoms with Crippen molar-refractivity contribution in [1.29, 1.82) is 0 Å². The average molecular weight is 567 g/mol. The van der Waals surface area contributed by atoms with E-state index in [0.717, 1.165) is 16.2 Å². The molecule has 6 aromatic rings. The summed E-state index contributed by atoms with van der Waals surface area (Å²) in [6, 6.07) is 24.8. The Morgan fingerprint density at radius 2 is 1.70 bits per heavy atom. The van der Waals surface area contributed by atoms with Crippen LogP contribution in [-0.2, 0) is 9.84 Å². The quantitative estimate of drug-likeness (QED) is 0.246. The number of carbonyl (C=O) groups is 1. The highest BCUT2D eigenvalue weighted by molar-refractivity contribution is 7.90. The standard InChI is InChI=1S/C29H22N6O3S2/c1-40(37,38)23-12-10-21(11-13-23)32-28-30-15-14-24(33-28)26-25(34-29-35(26)16-17-39-29)20-8-5-9-22(18-20)31-27(36)19-6-3-2-4-7-19/h2-18H,1H3,(H,31,36)(H,30,32,33). The van der Waals surface area contributed by atoms with Gasteiger partial charge in [0, 0.05) is 46.5 Å². The van der Waals surface area contributed by atoms with Gasteiger partial charge < -0.3 is 10.6 Å². The van der Waals surface area contributed by atoms with Crippen LogP contribution in [-0.4, -0.2) is 39.9 Å². The van der Waals surface area contributed by atoms with Crippen molar-refractivity contribution in [3.05, 3.63) is 108 Å². The Balaban J connectivity index is 1.34. The smallest absolute Gasteiger partial charge is 0.255 e. The molecule has 2 N–H and O–H groups in total. The lowest BCUT2D eigenvalue weighted by molar-refractivity contribution is 0.102. The van der Waals surface area contributed by atoms with Crippen LogP contribution in [0.2, 0.25) is 0 Å². The van der Waals surface area contributed by atoms with Crippen molar-refractivity contribution in [3.63, 3.8) is 0 Å². The van der Waals surface area contributed by atoms with Crippen molar-refractivity contribution in [3.8, 4) is 22.6 Å². The molecule has 0 aliphatic rings. The molecule has 1 amide bonds. The van der Waals surface area contributed by atoms with Gasteiger partial charge in [-0.15, -0.1) is 11.3 Å². The van der Waals surface area contributed by atoms with E-state index >= 15 is 0 Å². The maximum absolute atomic E-state index is 12.7. The second-order valence-electron chi connectivity index (χ2n) is 8.95. The first-order valence-corrected chi connectivity index (χ1v) is 15.0. The molecule has 3 aromatic carbocycles. The molecule has 0 spiro atoms. The molecule has 0 unspecified atom stereocenters. The van der Waals surface area contributed by atoms with Crippen LogP contribution in [0.1, 0.15) is 10.4 Å². The lowest BCUT2D eigenvalue weighted by Gasteiger charge is -2.10. The van der Waals surface area contributed by atoms with Crippen LogP contribution in [0.5, 0.6) is 0 Å². The number of nitrogens with one attached hydrogen (secondary N) is 2. The first-order chi connectivity index (χ1) is 19.3. The molecule has 0 aliphatic carbocycles. The minimum absolute atomic E-state index is 0.195. The number of fused-ring (bicyclic) bond motifs is 1. The summed E-state index contributed by atoms with van der Waals surface area (Å²) in [6.07, 6.45) is 4.76. The number of thiazole rings is 1. The van der Waals surface area contributed by atoms with E-state index in [-0.39, 0.29) is 10.8 Å². The Labute approximate surface area is 234 Å². The molecular formula is C29H22N6O3S2. The molecule has 198 valence electrons. The van der Waals surface area contributed by atoms with Crippen molar-refractivity contribution in [2.45, 2.75) is 4.90 Å². The summed E-state index contributed by atoms with van der Waals surface area (Å²) in [7, 11) is -3.29. The zero-order valence-electron chi connectivity index (χ0n) is 21.1. The molecule has 0 fully saturated rings. The van der Waals surface area contributed by atoms with Crippen LogP contribution in [0.15, 0.2) is 108 Å². The van der Waals surface area contributed by atoms with Gasteiger partial charge in [-0.05, 0) is 54.6 Å². The predicted molar refractivity (Wildman–Crippen MR) is 157 cm³/mol. The molecule has 6 rings (SSSR count). The van der Waals surface area contributed by atoms with E-state index in [2.05, 4.69) is 15.6 Å². The Morgan fingerprint density at radius 3 is 2.48 bits per heavy atom. The summed E-state index contributed by atoms with van der Waals surface area (Å²) in [5, 5.41) is 8.06. The number of amides is 1. The van der Waals surface area contributed by atoms with Gasteiger partial charge in [0.15, 0.2) is 14.8 Å². The zero-order valence-corrected chi connectivity index (χ0v) is 22.8. The van der Waals surface area contributed by atoms with E-state index in [1.54, 1.807) is 30.5 Å². The highest BCUT2D eigenvalue weighted by atomic mass is 32.2. The number of anilines is 3. The third-order valence-electron chi connectivity index (χ3n) is 6.13. The van der Waals surface area contributed by atoms with Gasteiger partial charge in [-0.25, -0.2) is 23.4 Å². The number of hydrogen-bond donors (Lipinski definition) is 2. The monoisotopic (exact) mass is 566 g/mol. The van der Waals surface area contributed by atoms with Crippen molar-refractivity contribution < 1.29 is 13.2 Å². The number of rotatable bonds is 7. The number of carbonyl (C=O) groups excluding carboxylic acids is 1. The molecule has 0 saturated carbocycles. The summed E-state index contributed by atoms with van der Waals surface area (Å²) < 4.78 is 25.5. The molecule has 11 heteroatoms. The van der Waals surface area contributed by atoms with Gasteiger partial charge in [0.25, 0.3) is 5.91 Å². The van der Waals surface area contributed by atoms with E-state index in [9.17, 15) is 13.2 Å². The van der Waals surface area contributed by atoms with Crippen LogP contribution in [0.3, 0.4) is 0 Å². The summed E-state index contributed by atoms with van der Waals surface area (Å²) in [4.78, 5) is 27.7. The van der Waals surface area contributed by atoms with Gasteiger partial charge in [0.05, 0.1) is 16.3 Å². The maximum atomic E-state index is 12.7. The number of sulfone groups is 1. The Bertz CT molecular complexity index is 1950. The second kappa shape index (κ2) is 10.4. The fraction of sp³-hybridized carbons (Fsp3) is 0.0345. The first-order valence-electron chi connectivity index (χ1n) is 12.2. The van der Waals surface area contributed by atoms with E-state index in [0.29, 0.717) is 34.3 Å². The molecule has 0 radical (unpaired) electrons. The minimum Gasteiger partial charge on any atom is -0.324 e. The lowest BCUT2D eigenvalue weighted by atomic mass is 10.1. The summed E-state index contributed by atoms with van der Waals surface area (Å²) >= 11 is 1.51. The number of nitrogens with zero attached hydrogens (tertiary/aromatic N) is 4. The van der Waals surface area contributed by atoms with Crippen molar-refractivity contribution in [2.75, 3.05) is 16.9 Å². The van der Waals surface area contributed by atoms with Crippen LogP contribution in [0.25, 0.3) is 27.6 Å². The Morgan fingerprint density at radius 1 is 0.900 bits per heavy atom. The molecule has 0 atom stereocenters. The summed E-state index contributed by atoms with van der Waals surface area (Å²) in [6.45, 7) is 0. The molecule has 0 bridgehead atoms. The SMILES string of the molecule is CS(=O)(=O)c1ccc(Nc2nccc(-c3c(-c4cccc(NC(=O)c5ccccc5)c4)nc4sccn34)n2)cc1. The third kappa shape index (κ3) is 5.20. The third-order valence-corrected chi connectivity index (χ3v) is 8.01. The Kier molecular flexibility index (Phi) is 6.58.